The average molecular weight is 461 g/mol. The number of hydrogen-bond acceptors (Lipinski definition) is 5. The monoisotopic (exact) mass is 460 g/mol. The van der Waals surface area contributed by atoms with Crippen molar-refractivity contribution in [1.29, 1.82) is 0 Å². The maximum atomic E-state index is 11.8. The standard InChI is InChI=1S/C27H28N2O5/c1-19-3-9-23(10-4-19)34-24-13-7-21(8-14-24)27(20-5-11-22(33-2)12-6-20)29-18-17-28-25(30)15-16-26(31)32/h3-14H,15-18H2,1-2H3,(H,28,30)(H,31,32). The highest BCUT2D eigenvalue weighted by molar-refractivity contribution is 6.13. The molecule has 0 aliphatic rings. The Balaban J connectivity index is 1.73. The number of carbonyl (C=O) groups excluding carboxylic acids is 1. The van der Waals surface area contributed by atoms with E-state index >= 15 is 0 Å². The van der Waals surface area contributed by atoms with Crippen LogP contribution in [0.5, 0.6) is 17.2 Å². The van der Waals surface area contributed by atoms with Crippen LogP contribution in [0.4, 0.5) is 0 Å². The van der Waals surface area contributed by atoms with Gasteiger partial charge in [-0.15, -0.1) is 0 Å². The van der Waals surface area contributed by atoms with Crippen LogP contribution in [-0.2, 0) is 9.59 Å². The number of rotatable bonds is 11. The summed E-state index contributed by atoms with van der Waals surface area (Å²) in [5.41, 5.74) is 3.74. The van der Waals surface area contributed by atoms with E-state index in [9.17, 15) is 9.59 Å². The molecule has 0 saturated heterocycles. The fraction of sp³-hybridized carbons (Fsp3) is 0.222. The lowest BCUT2D eigenvalue weighted by Gasteiger charge is -2.11. The van der Waals surface area contributed by atoms with Gasteiger partial charge in [-0.25, -0.2) is 0 Å². The van der Waals surface area contributed by atoms with E-state index in [0.717, 1.165) is 28.3 Å². The normalized spacial score (nSPS) is 11.1. The number of carbonyl (C=O) groups is 2. The van der Waals surface area contributed by atoms with E-state index in [2.05, 4.69) is 5.32 Å². The van der Waals surface area contributed by atoms with Crippen molar-refractivity contribution in [3.05, 3.63) is 89.5 Å². The molecular weight excluding hydrogens is 432 g/mol. The topological polar surface area (TPSA) is 97.2 Å². The molecule has 176 valence electrons. The summed E-state index contributed by atoms with van der Waals surface area (Å²) in [4.78, 5) is 27.1. The fourth-order valence-corrected chi connectivity index (χ4v) is 3.19. The van der Waals surface area contributed by atoms with Gasteiger partial charge in [0.2, 0.25) is 5.91 Å². The highest BCUT2D eigenvalue weighted by Gasteiger charge is 2.09. The summed E-state index contributed by atoms with van der Waals surface area (Å²) < 4.78 is 11.2. The largest absolute Gasteiger partial charge is 0.497 e. The number of carboxylic acid groups (broad SMARTS) is 1. The van der Waals surface area contributed by atoms with Gasteiger partial charge in [-0.05, 0) is 67.6 Å². The van der Waals surface area contributed by atoms with Gasteiger partial charge in [0.15, 0.2) is 0 Å². The van der Waals surface area contributed by atoms with Crippen molar-refractivity contribution in [2.45, 2.75) is 19.8 Å². The number of aliphatic carboxylic acids is 1. The molecule has 0 heterocycles. The number of hydrogen-bond donors (Lipinski definition) is 2. The van der Waals surface area contributed by atoms with Gasteiger partial charge in [-0.1, -0.05) is 17.7 Å². The third-order valence-electron chi connectivity index (χ3n) is 5.02. The molecule has 0 radical (unpaired) electrons. The van der Waals surface area contributed by atoms with Gasteiger partial charge in [0.25, 0.3) is 0 Å². The molecule has 1 amide bonds. The maximum Gasteiger partial charge on any atom is 0.303 e. The molecule has 0 aliphatic heterocycles. The Bertz CT molecular complexity index is 1120. The number of amides is 1. The Labute approximate surface area is 199 Å². The molecule has 34 heavy (non-hydrogen) atoms. The predicted octanol–water partition coefficient (Wildman–Crippen LogP) is 4.61. The van der Waals surface area contributed by atoms with Crippen molar-refractivity contribution in [2.75, 3.05) is 20.2 Å². The first kappa shape index (κ1) is 24.5. The van der Waals surface area contributed by atoms with E-state index in [1.54, 1.807) is 7.11 Å². The Morgan fingerprint density at radius 2 is 1.35 bits per heavy atom. The second-order valence-corrected chi connectivity index (χ2v) is 7.64. The van der Waals surface area contributed by atoms with Crippen molar-refractivity contribution < 1.29 is 24.2 Å². The number of aliphatic imine (C=N–C) groups is 1. The zero-order valence-corrected chi connectivity index (χ0v) is 19.3. The van der Waals surface area contributed by atoms with Gasteiger partial charge < -0.3 is 19.9 Å². The summed E-state index contributed by atoms with van der Waals surface area (Å²) in [5, 5.41) is 11.4. The Morgan fingerprint density at radius 1 is 0.824 bits per heavy atom. The molecule has 0 saturated carbocycles. The van der Waals surface area contributed by atoms with Crippen LogP contribution < -0.4 is 14.8 Å². The Kier molecular flexibility index (Phi) is 8.80. The predicted molar refractivity (Wildman–Crippen MR) is 131 cm³/mol. The van der Waals surface area contributed by atoms with Crippen LogP contribution in [-0.4, -0.2) is 42.9 Å². The smallest absolute Gasteiger partial charge is 0.303 e. The van der Waals surface area contributed by atoms with Crippen molar-refractivity contribution in [3.8, 4) is 17.2 Å². The Morgan fingerprint density at radius 3 is 1.88 bits per heavy atom. The summed E-state index contributed by atoms with van der Waals surface area (Å²) in [6.45, 7) is 2.69. The summed E-state index contributed by atoms with van der Waals surface area (Å²) in [5.74, 6) is 0.926. The molecular formula is C27H28N2O5. The highest BCUT2D eigenvalue weighted by Crippen LogP contribution is 2.23. The van der Waals surface area contributed by atoms with E-state index in [4.69, 9.17) is 19.6 Å². The van der Waals surface area contributed by atoms with Gasteiger partial charge in [-0.3, -0.25) is 14.6 Å². The minimum absolute atomic E-state index is 0.0488. The quantitative estimate of drug-likeness (QED) is 0.322. The van der Waals surface area contributed by atoms with E-state index in [1.807, 2.05) is 79.7 Å². The van der Waals surface area contributed by atoms with Crippen LogP contribution >= 0.6 is 0 Å². The zero-order chi connectivity index (χ0) is 24.3. The molecule has 3 aromatic rings. The summed E-state index contributed by atoms with van der Waals surface area (Å²) in [6, 6.07) is 23.1. The van der Waals surface area contributed by atoms with Crippen molar-refractivity contribution >= 4 is 17.6 Å². The third-order valence-corrected chi connectivity index (χ3v) is 5.02. The first-order valence-corrected chi connectivity index (χ1v) is 11.0. The zero-order valence-electron chi connectivity index (χ0n) is 19.3. The van der Waals surface area contributed by atoms with Crippen molar-refractivity contribution in [1.82, 2.24) is 5.32 Å². The minimum Gasteiger partial charge on any atom is -0.497 e. The van der Waals surface area contributed by atoms with E-state index in [1.165, 1.54) is 5.56 Å². The molecule has 3 rings (SSSR count). The molecule has 0 bridgehead atoms. The molecule has 0 fully saturated rings. The van der Waals surface area contributed by atoms with E-state index in [-0.39, 0.29) is 18.7 Å². The Hall–Kier alpha value is -4.13. The number of ether oxygens (including phenoxy) is 2. The maximum absolute atomic E-state index is 11.8. The third kappa shape index (κ3) is 7.48. The summed E-state index contributed by atoms with van der Waals surface area (Å²) in [7, 11) is 1.61. The number of nitrogens with one attached hydrogen (secondary N) is 1. The van der Waals surface area contributed by atoms with Crippen LogP contribution in [0, 0.1) is 6.92 Å². The van der Waals surface area contributed by atoms with Crippen molar-refractivity contribution in [3.63, 3.8) is 0 Å². The fourth-order valence-electron chi connectivity index (χ4n) is 3.19. The van der Waals surface area contributed by atoms with Crippen LogP contribution in [0.15, 0.2) is 77.8 Å². The van der Waals surface area contributed by atoms with Crippen LogP contribution in [0.1, 0.15) is 29.5 Å². The van der Waals surface area contributed by atoms with Gasteiger partial charge in [0, 0.05) is 24.1 Å². The lowest BCUT2D eigenvalue weighted by molar-refractivity contribution is -0.138. The SMILES string of the molecule is COc1ccc(C(=NCCNC(=O)CCC(=O)O)c2ccc(Oc3ccc(C)cc3)cc2)cc1. The highest BCUT2D eigenvalue weighted by atomic mass is 16.5. The molecule has 3 aromatic carbocycles. The van der Waals surface area contributed by atoms with Crippen LogP contribution in [0.2, 0.25) is 0 Å². The molecule has 0 atom stereocenters. The van der Waals surface area contributed by atoms with Gasteiger partial charge in [0.1, 0.15) is 17.2 Å². The second kappa shape index (κ2) is 12.2. The number of aryl methyl sites for hydroxylation is 1. The average Bonchev–Trinajstić information content (AvgIpc) is 2.85. The molecule has 7 nitrogen and oxygen atoms in total. The first-order valence-electron chi connectivity index (χ1n) is 11.0. The molecule has 7 heteroatoms. The van der Waals surface area contributed by atoms with E-state index < -0.39 is 5.97 Å². The minimum atomic E-state index is -0.996. The number of benzene rings is 3. The molecule has 2 N–H and O–H groups in total. The molecule has 0 aromatic heterocycles. The number of carboxylic acids is 1. The van der Waals surface area contributed by atoms with Gasteiger partial charge in [-0.2, -0.15) is 0 Å². The lowest BCUT2D eigenvalue weighted by Crippen LogP contribution is -2.26. The summed E-state index contributed by atoms with van der Waals surface area (Å²) >= 11 is 0. The molecule has 0 aliphatic carbocycles. The molecule has 0 unspecified atom stereocenters. The van der Waals surface area contributed by atoms with E-state index in [0.29, 0.717) is 18.8 Å². The van der Waals surface area contributed by atoms with Crippen LogP contribution in [0.25, 0.3) is 0 Å². The number of methoxy groups -OCH3 is 1. The van der Waals surface area contributed by atoms with Crippen LogP contribution in [0.3, 0.4) is 0 Å². The number of nitrogens with zero attached hydrogens (tertiary/aromatic N) is 1. The van der Waals surface area contributed by atoms with Crippen molar-refractivity contribution in [2.24, 2.45) is 4.99 Å². The molecule has 0 spiro atoms. The first-order chi connectivity index (χ1) is 16.4. The summed E-state index contributed by atoms with van der Waals surface area (Å²) in [6.07, 6.45) is -0.240. The second-order valence-electron chi connectivity index (χ2n) is 7.64. The lowest BCUT2D eigenvalue weighted by atomic mass is 10.0. The van der Waals surface area contributed by atoms with Gasteiger partial charge >= 0.3 is 5.97 Å². The van der Waals surface area contributed by atoms with Gasteiger partial charge in [0.05, 0.1) is 25.8 Å².